The zero-order chi connectivity index (χ0) is 19.2. The lowest BCUT2D eigenvalue weighted by atomic mass is 10.2. The van der Waals surface area contributed by atoms with Crippen LogP contribution in [0.2, 0.25) is 0 Å². The molecular weight excluding hydrogens is 392 g/mol. The van der Waals surface area contributed by atoms with Gasteiger partial charge in [0.1, 0.15) is 0 Å². The van der Waals surface area contributed by atoms with E-state index in [4.69, 9.17) is 4.74 Å². The summed E-state index contributed by atoms with van der Waals surface area (Å²) in [5, 5.41) is 4.05. The maximum atomic E-state index is 12.0. The van der Waals surface area contributed by atoms with E-state index in [0.29, 0.717) is 0 Å². The van der Waals surface area contributed by atoms with Gasteiger partial charge < -0.3 is 9.64 Å². The molecule has 144 valence electrons. The Morgan fingerprint density at radius 1 is 1.21 bits per heavy atom. The van der Waals surface area contributed by atoms with Crippen LogP contribution in [-0.4, -0.2) is 49.2 Å². The number of carbonyl (C=O) groups is 1. The molecule has 3 aromatic rings. The number of hydrogen-bond donors (Lipinski definition) is 1. The van der Waals surface area contributed by atoms with Gasteiger partial charge in [-0.2, -0.15) is 5.10 Å². The summed E-state index contributed by atoms with van der Waals surface area (Å²) in [7, 11) is 0. The maximum Gasteiger partial charge on any atom is 0.250 e. The first-order valence-corrected chi connectivity index (χ1v) is 10.8. The largest absolute Gasteiger partial charge is 0.378 e. The third kappa shape index (κ3) is 4.89. The van der Waals surface area contributed by atoms with Crippen molar-refractivity contribution in [1.82, 2.24) is 10.4 Å². The third-order valence-corrected chi connectivity index (χ3v) is 6.45. The van der Waals surface area contributed by atoms with Crippen LogP contribution in [0.3, 0.4) is 0 Å². The number of anilines is 1. The number of morpholine rings is 1. The highest BCUT2D eigenvalue weighted by Gasteiger charge is 2.10. The molecule has 0 unspecified atom stereocenters. The van der Waals surface area contributed by atoms with Crippen molar-refractivity contribution in [1.29, 1.82) is 0 Å². The maximum absolute atomic E-state index is 12.0. The molecule has 8 heteroatoms. The summed E-state index contributed by atoms with van der Waals surface area (Å²) in [4.78, 5) is 18.8. The van der Waals surface area contributed by atoms with Crippen LogP contribution in [0.1, 0.15) is 5.56 Å². The number of benzene rings is 2. The Kier molecular flexibility index (Phi) is 6.20. The van der Waals surface area contributed by atoms with E-state index in [9.17, 15) is 4.79 Å². The number of hydrazone groups is 1. The van der Waals surface area contributed by atoms with E-state index in [1.54, 1.807) is 17.6 Å². The number of carbonyl (C=O) groups excluding carboxylic acids is 1. The van der Waals surface area contributed by atoms with Gasteiger partial charge >= 0.3 is 0 Å². The first-order chi connectivity index (χ1) is 13.8. The van der Waals surface area contributed by atoms with Crippen LogP contribution in [0.5, 0.6) is 0 Å². The van der Waals surface area contributed by atoms with Gasteiger partial charge in [0.05, 0.1) is 35.4 Å². The van der Waals surface area contributed by atoms with Crippen LogP contribution in [0.4, 0.5) is 5.69 Å². The topological polar surface area (TPSA) is 66.8 Å². The molecule has 1 aromatic heterocycles. The molecule has 0 spiro atoms. The van der Waals surface area contributed by atoms with Crippen molar-refractivity contribution in [2.75, 3.05) is 37.0 Å². The molecule has 0 aliphatic carbocycles. The SMILES string of the molecule is O=C(CSc1nc2ccccc2s1)N/N=C\c1ccc(N2CCOCC2)cc1. The lowest BCUT2D eigenvalue weighted by Gasteiger charge is -2.28. The van der Waals surface area contributed by atoms with Crippen LogP contribution >= 0.6 is 23.1 Å². The van der Waals surface area contributed by atoms with Gasteiger partial charge in [-0.1, -0.05) is 36.0 Å². The molecule has 0 radical (unpaired) electrons. The van der Waals surface area contributed by atoms with Crippen molar-refractivity contribution in [3.63, 3.8) is 0 Å². The average molecular weight is 413 g/mol. The van der Waals surface area contributed by atoms with Crippen molar-refractivity contribution in [2.45, 2.75) is 4.34 Å². The van der Waals surface area contributed by atoms with Crippen LogP contribution in [0.15, 0.2) is 58.0 Å². The number of aromatic nitrogens is 1. The molecule has 28 heavy (non-hydrogen) atoms. The fourth-order valence-corrected chi connectivity index (χ4v) is 4.70. The van der Waals surface area contributed by atoms with Crippen LogP contribution in [0, 0.1) is 0 Å². The minimum absolute atomic E-state index is 0.148. The minimum Gasteiger partial charge on any atom is -0.378 e. The Morgan fingerprint density at radius 2 is 2.00 bits per heavy atom. The zero-order valence-electron chi connectivity index (χ0n) is 15.2. The van der Waals surface area contributed by atoms with E-state index >= 15 is 0 Å². The summed E-state index contributed by atoms with van der Waals surface area (Å²) in [5.41, 5.74) is 5.66. The molecule has 1 aliphatic heterocycles. The minimum atomic E-state index is -0.148. The number of hydrogen-bond acceptors (Lipinski definition) is 7. The molecule has 2 aromatic carbocycles. The molecule has 0 bridgehead atoms. The number of thiazole rings is 1. The van der Waals surface area contributed by atoms with E-state index in [2.05, 4.69) is 32.5 Å². The molecular formula is C20H20N4O2S2. The number of para-hydroxylation sites is 1. The van der Waals surface area contributed by atoms with Gasteiger partial charge in [-0.05, 0) is 29.8 Å². The van der Waals surface area contributed by atoms with Crippen LogP contribution in [-0.2, 0) is 9.53 Å². The number of amides is 1. The normalized spacial score (nSPS) is 14.6. The fourth-order valence-electron chi connectivity index (χ4n) is 2.84. The van der Waals surface area contributed by atoms with Gasteiger partial charge in [0, 0.05) is 18.8 Å². The lowest BCUT2D eigenvalue weighted by Crippen LogP contribution is -2.36. The monoisotopic (exact) mass is 412 g/mol. The highest BCUT2D eigenvalue weighted by molar-refractivity contribution is 8.01. The average Bonchev–Trinajstić information content (AvgIpc) is 3.16. The number of thioether (sulfide) groups is 1. The summed E-state index contributed by atoms with van der Waals surface area (Å²) >= 11 is 3.02. The smallest absolute Gasteiger partial charge is 0.250 e. The third-order valence-electron chi connectivity index (χ3n) is 4.27. The second-order valence-electron chi connectivity index (χ2n) is 6.22. The van der Waals surface area contributed by atoms with Crippen LogP contribution < -0.4 is 10.3 Å². The van der Waals surface area contributed by atoms with E-state index in [-0.39, 0.29) is 11.7 Å². The number of rotatable bonds is 6. The van der Waals surface area contributed by atoms with Gasteiger partial charge in [-0.15, -0.1) is 11.3 Å². The second-order valence-corrected chi connectivity index (χ2v) is 8.47. The number of ether oxygens (including phenoxy) is 1. The molecule has 0 saturated carbocycles. The Labute approximate surface area is 171 Å². The van der Waals surface area contributed by atoms with E-state index in [1.165, 1.54) is 17.4 Å². The van der Waals surface area contributed by atoms with Crippen molar-refractivity contribution in [2.24, 2.45) is 5.10 Å². The molecule has 1 amide bonds. The highest BCUT2D eigenvalue weighted by atomic mass is 32.2. The second kappa shape index (κ2) is 9.18. The van der Waals surface area contributed by atoms with Crippen LogP contribution in [0.25, 0.3) is 10.2 Å². The molecule has 0 atom stereocenters. The number of nitrogens with zero attached hydrogens (tertiary/aromatic N) is 3. The van der Waals surface area contributed by atoms with Gasteiger partial charge in [-0.25, -0.2) is 10.4 Å². The number of fused-ring (bicyclic) bond motifs is 1. The quantitative estimate of drug-likeness (QED) is 0.382. The summed E-state index contributed by atoms with van der Waals surface area (Å²) < 4.78 is 7.39. The molecule has 4 rings (SSSR count). The molecule has 1 aliphatic rings. The van der Waals surface area contributed by atoms with Gasteiger partial charge in [-0.3, -0.25) is 4.79 Å². The Balaban J connectivity index is 1.25. The van der Waals surface area contributed by atoms with Crippen molar-refractivity contribution in [3.05, 3.63) is 54.1 Å². The van der Waals surface area contributed by atoms with Gasteiger partial charge in [0.2, 0.25) is 0 Å². The number of nitrogens with one attached hydrogen (secondary N) is 1. The highest BCUT2D eigenvalue weighted by Crippen LogP contribution is 2.29. The van der Waals surface area contributed by atoms with Gasteiger partial charge in [0.25, 0.3) is 5.91 Å². The van der Waals surface area contributed by atoms with E-state index in [0.717, 1.165) is 46.4 Å². The Morgan fingerprint density at radius 3 is 2.79 bits per heavy atom. The predicted molar refractivity (Wildman–Crippen MR) is 116 cm³/mol. The lowest BCUT2D eigenvalue weighted by molar-refractivity contribution is -0.118. The van der Waals surface area contributed by atoms with E-state index < -0.39 is 0 Å². The summed E-state index contributed by atoms with van der Waals surface area (Å²) in [5.74, 6) is 0.137. The van der Waals surface area contributed by atoms with Gasteiger partial charge in [0.15, 0.2) is 4.34 Å². The molecule has 1 fully saturated rings. The van der Waals surface area contributed by atoms with Crippen molar-refractivity contribution >= 4 is 51.1 Å². The molecule has 1 N–H and O–H groups in total. The first kappa shape index (κ1) is 18.9. The zero-order valence-corrected chi connectivity index (χ0v) is 16.8. The van der Waals surface area contributed by atoms with Crippen molar-refractivity contribution < 1.29 is 9.53 Å². The fraction of sp³-hybridized carbons (Fsp3) is 0.250. The summed E-state index contributed by atoms with van der Waals surface area (Å²) in [6.45, 7) is 3.36. The first-order valence-electron chi connectivity index (χ1n) is 9.01. The standard InChI is InChI=1S/C20H20N4O2S2/c25-19(14-27-20-22-17-3-1-2-4-18(17)28-20)23-21-13-15-5-7-16(8-6-15)24-9-11-26-12-10-24/h1-8,13H,9-12,14H2,(H,23,25)/b21-13-. The molecule has 6 nitrogen and oxygen atoms in total. The van der Waals surface area contributed by atoms with E-state index in [1.807, 2.05) is 36.4 Å². The van der Waals surface area contributed by atoms with Crippen molar-refractivity contribution in [3.8, 4) is 0 Å². The predicted octanol–water partition coefficient (Wildman–Crippen LogP) is 3.38. The Hall–Kier alpha value is -2.42. The molecule has 2 heterocycles. The molecule has 1 saturated heterocycles. The summed E-state index contributed by atoms with van der Waals surface area (Å²) in [6, 6.07) is 16.1. The summed E-state index contributed by atoms with van der Waals surface area (Å²) in [6.07, 6.45) is 1.66. The Bertz CT molecular complexity index is 933.